The van der Waals surface area contributed by atoms with Gasteiger partial charge in [-0.05, 0) is 6.54 Å². The highest BCUT2D eigenvalue weighted by molar-refractivity contribution is 7.15. The molecule has 0 saturated carbocycles. The first-order valence-corrected chi connectivity index (χ1v) is 6.62. The van der Waals surface area contributed by atoms with Gasteiger partial charge in [-0.1, -0.05) is 18.5 Å². The van der Waals surface area contributed by atoms with Gasteiger partial charge in [0.05, 0.1) is 24.9 Å². The summed E-state index contributed by atoms with van der Waals surface area (Å²) < 4.78 is 6.41. The highest BCUT2D eigenvalue weighted by Gasteiger charge is 2.33. The summed E-state index contributed by atoms with van der Waals surface area (Å²) >= 11 is 7.44. The van der Waals surface area contributed by atoms with E-state index in [2.05, 4.69) is 16.8 Å². The number of ether oxygens (including phenoxy) is 1. The molecule has 2 atom stereocenters. The molecule has 1 aliphatic rings. The molecule has 1 fully saturated rings. The number of halogens is 1. The molecule has 6 heteroatoms. The molecule has 2 rings (SSSR count). The molecule has 0 aromatic carbocycles. The van der Waals surface area contributed by atoms with Gasteiger partial charge < -0.3 is 10.5 Å². The van der Waals surface area contributed by atoms with E-state index in [4.69, 9.17) is 22.1 Å². The Morgan fingerprint density at radius 3 is 3.12 bits per heavy atom. The molecule has 2 heterocycles. The van der Waals surface area contributed by atoms with Gasteiger partial charge in [-0.15, -0.1) is 11.3 Å². The average Bonchev–Trinajstić information content (AvgIpc) is 2.74. The fourth-order valence-corrected chi connectivity index (χ4v) is 3.18. The lowest BCUT2D eigenvalue weighted by Crippen LogP contribution is -2.48. The summed E-state index contributed by atoms with van der Waals surface area (Å²) in [5.74, 6) is 0. The van der Waals surface area contributed by atoms with Gasteiger partial charge in [0.25, 0.3) is 0 Å². The fraction of sp³-hybridized carbons (Fsp3) is 0.700. The van der Waals surface area contributed by atoms with Crippen LogP contribution < -0.4 is 5.73 Å². The van der Waals surface area contributed by atoms with Gasteiger partial charge in [-0.3, -0.25) is 4.90 Å². The topological polar surface area (TPSA) is 51.4 Å². The Balaban J connectivity index is 2.24. The second kappa shape index (κ2) is 5.42. The van der Waals surface area contributed by atoms with Crippen LogP contribution in [0.25, 0.3) is 0 Å². The number of aromatic nitrogens is 1. The van der Waals surface area contributed by atoms with Crippen LogP contribution in [0.15, 0.2) is 6.20 Å². The van der Waals surface area contributed by atoms with Crippen molar-refractivity contribution in [1.82, 2.24) is 9.88 Å². The second-order valence-electron chi connectivity index (χ2n) is 3.72. The Morgan fingerprint density at radius 2 is 2.56 bits per heavy atom. The molecule has 2 N–H and O–H groups in total. The Labute approximate surface area is 104 Å². The van der Waals surface area contributed by atoms with E-state index in [1.807, 2.05) is 0 Å². The molecular weight excluding hydrogens is 246 g/mol. The van der Waals surface area contributed by atoms with Gasteiger partial charge in [0.2, 0.25) is 0 Å². The van der Waals surface area contributed by atoms with Crippen molar-refractivity contribution in [2.45, 2.75) is 19.1 Å². The third kappa shape index (κ3) is 2.38. The van der Waals surface area contributed by atoms with Crippen LogP contribution in [0.4, 0.5) is 0 Å². The lowest BCUT2D eigenvalue weighted by molar-refractivity contribution is -0.0658. The summed E-state index contributed by atoms with van der Waals surface area (Å²) in [7, 11) is 0. The van der Waals surface area contributed by atoms with E-state index in [0.29, 0.717) is 10.9 Å². The van der Waals surface area contributed by atoms with E-state index < -0.39 is 0 Å². The maximum atomic E-state index is 5.93. The minimum Gasteiger partial charge on any atom is -0.373 e. The number of hydrogen-bond acceptors (Lipinski definition) is 5. The molecule has 1 aromatic heterocycles. The van der Waals surface area contributed by atoms with Crippen molar-refractivity contribution in [2.75, 3.05) is 26.2 Å². The van der Waals surface area contributed by atoms with Crippen LogP contribution in [0.5, 0.6) is 0 Å². The number of morpholine rings is 1. The molecule has 0 aliphatic carbocycles. The number of thiazole rings is 1. The highest BCUT2D eigenvalue weighted by Crippen LogP contribution is 2.33. The van der Waals surface area contributed by atoms with E-state index >= 15 is 0 Å². The Morgan fingerprint density at radius 1 is 1.75 bits per heavy atom. The summed E-state index contributed by atoms with van der Waals surface area (Å²) in [6.07, 6.45) is 1.72. The van der Waals surface area contributed by atoms with Crippen molar-refractivity contribution in [3.63, 3.8) is 0 Å². The molecule has 0 radical (unpaired) electrons. The summed E-state index contributed by atoms with van der Waals surface area (Å²) in [5.41, 5.74) is 5.75. The molecule has 2 unspecified atom stereocenters. The van der Waals surface area contributed by atoms with Crippen LogP contribution in [0, 0.1) is 0 Å². The van der Waals surface area contributed by atoms with Gasteiger partial charge in [-0.25, -0.2) is 4.98 Å². The van der Waals surface area contributed by atoms with Crippen molar-refractivity contribution in [3.05, 3.63) is 15.5 Å². The molecule has 1 saturated heterocycles. The lowest BCUT2D eigenvalue weighted by Gasteiger charge is -2.39. The summed E-state index contributed by atoms with van der Waals surface area (Å²) in [6, 6.07) is 0.154. The van der Waals surface area contributed by atoms with Crippen LogP contribution >= 0.6 is 22.9 Å². The SMILES string of the molecule is CCN1CCOC(CN)C1c1ncc(Cl)s1. The van der Waals surface area contributed by atoms with Gasteiger partial charge in [0.1, 0.15) is 9.34 Å². The standard InChI is InChI=1S/C10H16ClN3OS/c1-2-14-3-4-15-7(5-12)9(14)10-13-6-8(11)16-10/h6-7,9H,2-5,12H2,1H3. The first-order valence-electron chi connectivity index (χ1n) is 5.43. The van der Waals surface area contributed by atoms with Gasteiger partial charge in [0, 0.05) is 13.1 Å². The minimum absolute atomic E-state index is 0.0240. The van der Waals surface area contributed by atoms with Crippen molar-refractivity contribution in [3.8, 4) is 0 Å². The van der Waals surface area contributed by atoms with Crippen molar-refractivity contribution >= 4 is 22.9 Å². The van der Waals surface area contributed by atoms with E-state index in [1.165, 1.54) is 11.3 Å². The number of nitrogens with two attached hydrogens (primary N) is 1. The largest absolute Gasteiger partial charge is 0.373 e. The quantitative estimate of drug-likeness (QED) is 0.896. The first kappa shape index (κ1) is 12.3. The van der Waals surface area contributed by atoms with Crippen LogP contribution in [-0.2, 0) is 4.74 Å². The number of rotatable bonds is 3. The molecular formula is C10H16ClN3OS. The van der Waals surface area contributed by atoms with Gasteiger partial charge in [0.15, 0.2) is 0 Å². The van der Waals surface area contributed by atoms with Gasteiger partial charge >= 0.3 is 0 Å². The molecule has 0 amide bonds. The average molecular weight is 262 g/mol. The minimum atomic E-state index is 0.0240. The predicted molar refractivity (Wildman–Crippen MR) is 65.9 cm³/mol. The lowest BCUT2D eigenvalue weighted by atomic mass is 10.1. The third-order valence-corrected chi connectivity index (χ3v) is 4.03. The highest BCUT2D eigenvalue weighted by atomic mass is 35.5. The zero-order chi connectivity index (χ0) is 11.5. The van der Waals surface area contributed by atoms with E-state index in [-0.39, 0.29) is 12.1 Å². The van der Waals surface area contributed by atoms with Crippen molar-refractivity contribution in [2.24, 2.45) is 5.73 Å². The van der Waals surface area contributed by atoms with Crippen LogP contribution in [0.1, 0.15) is 18.0 Å². The van der Waals surface area contributed by atoms with Gasteiger partial charge in [-0.2, -0.15) is 0 Å². The fourth-order valence-electron chi connectivity index (χ4n) is 2.06. The van der Waals surface area contributed by atoms with E-state index in [9.17, 15) is 0 Å². The third-order valence-electron chi connectivity index (χ3n) is 2.84. The van der Waals surface area contributed by atoms with E-state index in [1.54, 1.807) is 6.20 Å². The molecule has 0 bridgehead atoms. The second-order valence-corrected chi connectivity index (χ2v) is 5.41. The zero-order valence-corrected chi connectivity index (χ0v) is 10.8. The predicted octanol–water partition coefficient (Wildman–Crippen LogP) is 1.52. The van der Waals surface area contributed by atoms with Crippen molar-refractivity contribution < 1.29 is 4.74 Å². The smallest absolute Gasteiger partial charge is 0.114 e. The number of hydrogen-bond donors (Lipinski definition) is 1. The van der Waals surface area contributed by atoms with Crippen molar-refractivity contribution in [1.29, 1.82) is 0 Å². The van der Waals surface area contributed by atoms with E-state index in [0.717, 1.165) is 24.7 Å². The monoisotopic (exact) mass is 261 g/mol. The van der Waals surface area contributed by atoms with Crippen LogP contribution in [0.3, 0.4) is 0 Å². The molecule has 90 valence electrons. The first-order chi connectivity index (χ1) is 7.76. The summed E-state index contributed by atoms with van der Waals surface area (Å²) in [5, 5.41) is 1.00. The Kier molecular flexibility index (Phi) is 4.16. The maximum Gasteiger partial charge on any atom is 0.114 e. The molecule has 16 heavy (non-hydrogen) atoms. The number of likely N-dealkylation sites (N-methyl/N-ethyl adjacent to an activating group) is 1. The molecule has 0 spiro atoms. The molecule has 1 aromatic rings. The molecule has 4 nitrogen and oxygen atoms in total. The summed E-state index contributed by atoms with van der Waals surface area (Å²) in [4.78, 5) is 6.69. The normalized spacial score (nSPS) is 27.2. The zero-order valence-electron chi connectivity index (χ0n) is 9.23. The number of nitrogens with zero attached hydrogens (tertiary/aromatic N) is 2. The maximum absolute atomic E-state index is 5.93. The van der Waals surface area contributed by atoms with Crippen LogP contribution in [-0.4, -0.2) is 42.2 Å². The summed E-state index contributed by atoms with van der Waals surface area (Å²) in [6.45, 7) is 5.29. The van der Waals surface area contributed by atoms with Crippen LogP contribution in [0.2, 0.25) is 4.34 Å². The Hall–Kier alpha value is -0.200. The molecule has 1 aliphatic heterocycles. The Bertz CT molecular complexity index is 335.